The Morgan fingerprint density at radius 2 is 2.00 bits per heavy atom. The van der Waals surface area contributed by atoms with E-state index < -0.39 is 4.92 Å². The highest BCUT2D eigenvalue weighted by Gasteiger charge is 2.04. The minimum absolute atomic E-state index is 0.0702. The van der Waals surface area contributed by atoms with Crippen molar-refractivity contribution in [1.82, 2.24) is 9.55 Å². The molecule has 76 valence electrons. The third-order valence-corrected chi connectivity index (χ3v) is 2.30. The van der Waals surface area contributed by atoms with Crippen LogP contribution in [0, 0.1) is 14.9 Å². The fourth-order valence-electron chi connectivity index (χ4n) is 1.26. The molecule has 0 fully saturated rings. The van der Waals surface area contributed by atoms with Crippen LogP contribution in [0.4, 0.5) is 5.69 Å². The molecule has 6 heteroatoms. The minimum Gasteiger partial charge on any atom is -0.337 e. The molecular weight excluding hydrogens is 214 g/mol. The quantitative estimate of drug-likeness (QED) is 0.481. The van der Waals surface area contributed by atoms with Crippen LogP contribution in [0.15, 0.2) is 36.7 Å². The molecule has 1 aromatic heterocycles. The molecule has 0 unspecified atom stereocenters. The summed E-state index contributed by atoms with van der Waals surface area (Å²) in [7, 11) is 0. The summed E-state index contributed by atoms with van der Waals surface area (Å²) in [5.41, 5.74) is 0.868. The van der Waals surface area contributed by atoms with Gasteiger partial charge in [0.1, 0.15) is 0 Å². The summed E-state index contributed by atoms with van der Waals surface area (Å²) in [6.45, 7) is 0. The number of nitrogens with one attached hydrogen (secondary N) is 1. The van der Waals surface area contributed by atoms with E-state index in [-0.39, 0.29) is 5.69 Å². The van der Waals surface area contributed by atoms with Gasteiger partial charge in [-0.15, -0.1) is 0 Å². The first-order valence-corrected chi connectivity index (χ1v) is 4.60. The Hall–Kier alpha value is -1.95. The van der Waals surface area contributed by atoms with Gasteiger partial charge in [0.25, 0.3) is 5.69 Å². The van der Waals surface area contributed by atoms with Crippen LogP contribution in [0.2, 0.25) is 0 Å². The van der Waals surface area contributed by atoms with Crippen LogP contribution in [-0.2, 0) is 0 Å². The van der Waals surface area contributed by atoms with Gasteiger partial charge in [0.2, 0.25) is 0 Å². The molecule has 0 aliphatic carbocycles. The fourth-order valence-corrected chi connectivity index (χ4v) is 1.49. The van der Waals surface area contributed by atoms with E-state index in [2.05, 4.69) is 4.98 Å². The summed E-state index contributed by atoms with van der Waals surface area (Å²) >= 11 is 5.03. The molecule has 0 saturated carbocycles. The number of rotatable bonds is 2. The number of non-ortho nitro benzene ring substituents is 1. The maximum Gasteiger partial charge on any atom is 0.269 e. The number of hydrogen-bond acceptors (Lipinski definition) is 3. The van der Waals surface area contributed by atoms with E-state index in [1.807, 2.05) is 0 Å². The maximum atomic E-state index is 10.4. The van der Waals surface area contributed by atoms with Gasteiger partial charge in [-0.2, -0.15) is 0 Å². The molecule has 0 aliphatic rings. The first-order valence-electron chi connectivity index (χ1n) is 4.19. The van der Waals surface area contributed by atoms with Gasteiger partial charge in [-0.1, -0.05) is 0 Å². The van der Waals surface area contributed by atoms with Crippen LogP contribution in [0.3, 0.4) is 0 Å². The maximum absolute atomic E-state index is 10.4. The summed E-state index contributed by atoms with van der Waals surface area (Å²) in [6.07, 6.45) is 3.48. The van der Waals surface area contributed by atoms with Crippen LogP contribution >= 0.6 is 12.2 Å². The van der Waals surface area contributed by atoms with E-state index in [9.17, 15) is 10.1 Å². The second kappa shape index (κ2) is 3.66. The third-order valence-electron chi connectivity index (χ3n) is 1.99. The molecule has 5 nitrogen and oxygen atoms in total. The Morgan fingerprint density at radius 3 is 2.47 bits per heavy atom. The first kappa shape index (κ1) is 9.60. The molecule has 0 atom stereocenters. The molecule has 1 aromatic carbocycles. The molecule has 15 heavy (non-hydrogen) atoms. The van der Waals surface area contributed by atoms with Crippen LogP contribution in [-0.4, -0.2) is 14.5 Å². The number of aromatic amines is 1. The lowest BCUT2D eigenvalue weighted by Gasteiger charge is -2.00. The smallest absolute Gasteiger partial charge is 0.269 e. The standard InChI is InChI=1S/C9H7N3O2S/c13-12(14)8-3-1-7(2-4-8)11-6-5-10-9(11)15/h1-6H,(H,10,15). The molecule has 0 aliphatic heterocycles. The Bertz CT molecular complexity index is 541. The van der Waals surface area contributed by atoms with Crippen molar-refractivity contribution >= 4 is 17.9 Å². The lowest BCUT2D eigenvalue weighted by Crippen LogP contribution is -1.93. The van der Waals surface area contributed by atoms with E-state index in [0.717, 1.165) is 5.69 Å². The number of benzene rings is 1. The SMILES string of the molecule is O=[N+]([O-])c1ccc(-n2cc[nH]c2=S)cc1. The number of imidazole rings is 1. The van der Waals surface area contributed by atoms with Crippen molar-refractivity contribution in [3.05, 3.63) is 51.5 Å². The monoisotopic (exact) mass is 221 g/mol. The Balaban J connectivity index is 2.44. The Kier molecular flexibility index (Phi) is 2.34. The van der Waals surface area contributed by atoms with Crippen molar-refractivity contribution in [3.63, 3.8) is 0 Å². The van der Waals surface area contributed by atoms with Crippen molar-refractivity contribution in [2.75, 3.05) is 0 Å². The highest BCUT2D eigenvalue weighted by Crippen LogP contribution is 2.15. The van der Waals surface area contributed by atoms with E-state index in [1.54, 1.807) is 29.1 Å². The fraction of sp³-hybridized carbons (Fsp3) is 0. The van der Waals surface area contributed by atoms with Gasteiger partial charge in [-0.25, -0.2) is 0 Å². The van der Waals surface area contributed by atoms with Gasteiger partial charge in [-0.3, -0.25) is 14.7 Å². The highest BCUT2D eigenvalue weighted by molar-refractivity contribution is 7.71. The second-order valence-electron chi connectivity index (χ2n) is 2.91. The minimum atomic E-state index is -0.430. The van der Waals surface area contributed by atoms with Gasteiger partial charge >= 0.3 is 0 Å². The molecular formula is C9H7N3O2S. The van der Waals surface area contributed by atoms with Crippen molar-refractivity contribution in [2.24, 2.45) is 0 Å². The zero-order chi connectivity index (χ0) is 10.8. The summed E-state index contributed by atoms with van der Waals surface area (Å²) in [5.74, 6) is 0. The van der Waals surface area contributed by atoms with E-state index in [1.165, 1.54) is 12.1 Å². The van der Waals surface area contributed by atoms with E-state index in [4.69, 9.17) is 12.2 Å². The molecule has 0 radical (unpaired) electrons. The molecule has 0 saturated heterocycles. The summed E-state index contributed by atoms with van der Waals surface area (Å²) in [5, 5.41) is 10.4. The van der Waals surface area contributed by atoms with E-state index in [0.29, 0.717) is 4.77 Å². The number of hydrogen-bond donors (Lipinski definition) is 1. The highest BCUT2D eigenvalue weighted by atomic mass is 32.1. The predicted molar refractivity (Wildman–Crippen MR) is 57.6 cm³/mol. The number of H-pyrrole nitrogens is 1. The van der Waals surface area contributed by atoms with Crippen molar-refractivity contribution in [3.8, 4) is 5.69 Å². The number of aromatic nitrogens is 2. The topological polar surface area (TPSA) is 63.9 Å². The number of nitrogens with zero attached hydrogens (tertiary/aromatic N) is 2. The molecule has 1 heterocycles. The zero-order valence-corrected chi connectivity index (χ0v) is 8.40. The van der Waals surface area contributed by atoms with Crippen LogP contribution in [0.5, 0.6) is 0 Å². The Morgan fingerprint density at radius 1 is 1.33 bits per heavy atom. The van der Waals surface area contributed by atoms with Crippen LogP contribution in [0.1, 0.15) is 0 Å². The molecule has 0 bridgehead atoms. The molecule has 2 aromatic rings. The van der Waals surface area contributed by atoms with Crippen LogP contribution < -0.4 is 0 Å². The first-order chi connectivity index (χ1) is 7.18. The molecule has 0 amide bonds. The van der Waals surface area contributed by atoms with Gasteiger partial charge in [0.15, 0.2) is 4.77 Å². The number of nitro groups is 1. The summed E-state index contributed by atoms with van der Waals surface area (Å²) in [6, 6.07) is 6.21. The lowest BCUT2D eigenvalue weighted by molar-refractivity contribution is -0.384. The summed E-state index contributed by atoms with van der Waals surface area (Å²) < 4.78 is 2.29. The predicted octanol–water partition coefficient (Wildman–Crippen LogP) is 2.44. The van der Waals surface area contributed by atoms with E-state index >= 15 is 0 Å². The second-order valence-corrected chi connectivity index (χ2v) is 3.30. The normalized spacial score (nSPS) is 10.1. The largest absolute Gasteiger partial charge is 0.337 e. The molecule has 0 spiro atoms. The average molecular weight is 221 g/mol. The Labute approximate surface area is 90.1 Å². The lowest BCUT2D eigenvalue weighted by atomic mass is 10.3. The van der Waals surface area contributed by atoms with Crippen molar-refractivity contribution in [1.29, 1.82) is 0 Å². The summed E-state index contributed by atoms with van der Waals surface area (Å²) in [4.78, 5) is 12.9. The average Bonchev–Trinajstić information content (AvgIpc) is 2.65. The number of nitro benzene ring substituents is 1. The van der Waals surface area contributed by atoms with Gasteiger partial charge < -0.3 is 4.98 Å². The van der Waals surface area contributed by atoms with Gasteiger partial charge in [-0.05, 0) is 24.4 Å². The molecule has 2 rings (SSSR count). The van der Waals surface area contributed by atoms with Crippen molar-refractivity contribution < 1.29 is 4.92 Å². The van der Waals surface area contributed by atoms with Gasteiger partial charge in [0.05, 0.1) is 4.92 Å². The van der Waals surface area contributed by atoms with Crippen molar-refractivity contribution in [2.45, 2.75) is 0 Å². The third kappa shape index (κ3) is 1.79. The molecule has 1 N–H and O–H groups in total. The zero-order valence-electron chi connectivity index (χ0n) is 7.58. The van der Waals surface area contributed by atoms with Crippen LogP contribution in [0.25, 0.3) is 5.69 Å². The van der Waals surface area contributed by atoms with Gasteiger partial charge in [0, 0.05) is 30.2 Å².